The summed E-state index contributed by atoms with van der Waals surface area (Å²) in [4.78, 5) is 8.80. The van der Waals surface area contributed by atoms with Crippen molar-refractivity contribution in [2.24, 2.45) is 4.99 Å². The van der Waals surface area contributed by atoms with E-state index in [1.165, 1.54) is 5.56 Å². The van der Waals surface area contributed by atoms with Gasteiger partial charge in [0.1, 0.15) is 5.75 Å². The van der Waals surface area contributed by atoms with E-state index in [2.05, 4.69) is 66.1 Å². The number of rotatable bonds is 10. The van der Waals surface area contributed by atoms with E-state index in [9.17, 15) is 0 Å². The molecular weight excluding hydrogens is 465 g/mol. The Morgan fingerprint density at radius 3 is 2.79 bits per heavy atom. The molecule has 6 nitrogen and oxygen atoms in total. The largest absolute Gasteiger partial charge is 0.490 e. The first-order valence-electron chi connectivity index (χ1n) is 9.86. The summed E-state index contributed by atoms with van der Waals surface area (Å²) in [6.07, 6.45) is 7.82. The zero-order chi connectivity index (χ0) is 19.5. The number of hydrogen-bond donors (Lipinski definition) is 2. The van der Waals surface area contributed by atoms with Crippen LogP contribution in [-0.2, 0) is 13.1 Å². The first-order chi connectivity index (χ1) is 13.1. The number of ether oxygens (including phenoxy) is 1. The Labute approximate surface area is 186 Å². The molecule has 156 valence electrons. The van der Waals surface area contributed by atoms with Crippen LogP contribution in [0.5, 0.6) is 5.75 Å². The van der Waals surface area contributed by atoms with Crippen molar-refractivity contribution >= 4 is 29.9 Å². The molecule has 1 aromatic carbocycles. The minimum Gasteiger partial charge on any atom is -0.490 e. The Kier molecular flexibility index (Phi) is 11.6. The second-order valence-electron chi connectivity index (χ2n) is 6.72. The van der Waals surface area contributed by atoms with E-state index in [1.807, 2.05) is 12.5 Å². The molecule has 2 rings (SSSR count). The molecule has 0 aliphatic carbocycles. The number of nitrogens with zero attached hydrogens (tertiary/aromatic N) is 3. The summed E-state index contributed by atoms with van der Waals surface area (Å²) in [6.45, 7) is 11.6. The maximum atomic E-state index is 6.09. The van der Waals surface area contributed by atoms with Crippen molar-refractivity contribution in [2.75, 3.05) is 13.1 Å². The third kappa shape index (κ3) is 8.50. The number of guanidine groups is 1. The molecule has 1 unspecified atom stereocenters. The Balaban J connectivity index is 0.00000392. The number of hydrogen-bond acceptors (Lipinski definition) is 3. The van der Waals surface area contributed by atoms with Crippen LogP contribution in [0.2, 0.25) is 0 Å². The molecule has 0 amide bonds. The lowest BCUT2D eigenvalue weighted by atomic mass is 10.1. The van der Waals surface area contributed by atoms with Crippen molar-refractivity contribution in [2.45, 2.75) is 59.7 Å². The third-order valence-corrected chi connectivity index (χ3v) is 4.32. The lowest BCUT2D eigenvalue weighted by molar-refractivity contribution is 0.215. The van der Waals surface area contributed by atoms with Crippen LogP contribution in [0, 0.1) is 6.92 Å². The number of nitrogens with one attached hydrogen (secondary N) is 2. The lowest BCUT2D eigenvalue weighted by Crippen LogP contribution is -2.38. The zero-order valence-corrected chi connectivity index (χ0v) is 19.8. The van der Waals surface area contributed by atoms with E-state index in [1.54, 1.807) is 6.20 Å². The van der Waals surface area contributed by atoms with Crippen molar-refractivity contribution in [3.63, 3.8) is 0 Å². The van der Waals surface area contributed by atoms with Crippen LogP contribution < -0.4 is 15.4 Å². The topological polar surface area (TPSA) is 63.5 Å². The van der Waals surface area contributed by atoms with Crippen molar-refractivity contribution in [1.29, 1.82) is 0 Å². The maximum absolute atomic E-state index is 6.09. The fourth-order valence-corrected chi connectivity index (χ4v) is 2.60. The minimum atomic E-state index is 0. The number of imidazole rings is 1. The SMILES string of the molecule is CCNC(=NCc1ccc(C)cc1OC(C)CC)NCCCn1ccnc1.I. The number of aliphatic imine (C=N–C) groups is 1. The van der Waals surface area contributed by atoms with Crippen molar-refractivity contribution in [3.8, 4) is 5.75 Å². The summed E-state index contributed by atoms with van der Waals surface area (Å²) >= 11 is 0. The molecule has 0 saturated heterocycles. The molecule has 0 fully saturated rings. The van der Waals surface area contributed by atoms with Crippen LogP contribution in [0.15, 0.2) is 41.9 Å². The number of benzene rings is 1. The molecule has 28 heavy (non-hydrogen) atoms. The van der Waals surface area contributed by atoms with Crippen LogP contribution in [0.3, 0.4) is 0 Å². The molecule has 7 heteroatoms. The van der Waals surface area contributed by atoms with E-state index >= 15 is 0 Å². The highest BCUT2D eigenvalue weighted by Crippen LogP contribution is 2.23. The Morgan fingerprint density at radius 2 is 2.11 bits per heavy atom. The molecule has 2 aromatic rings. The van der Waals surface area contributed by atoms with Crippen LogP contribution in [0.4, 0.5) is 0 Å². The van der Waals surface area contributed by atoms with Gasteiger partial charge >= 0.3 is 0 Å². The average Bonchev–Trinajstić information content (AvgIpc) is 3.17. The standard InChI is InChI=1S/C21H33N5O.HI/c1-5-18(4)27-20-14-17(3)8-9-19(20)15-25-21(23-6-2)24-10-7-12-26-13-11-22-16-26;/h8-9,11,13-14,16,18H,5-7,10,12,15H2,1-4H3,(H2,23,24,25);1H. The van der Waals surface area contributed by atoms with E-state index in [-0.39, 0.29) is 30.1 Å². The molecular formula is C21H34IN5O. The lowest BCUT2D eigenvalue weighted by Gasteiger charge is -2.17. The predicted octanol–water partition coefficient (Wildman–Crippen LogP) is 4.13. The second-order valence-corrected chi connectivity index (χ2v) is 6.72. The van der Waals surface area contributed by atoms with Gasteiger partial charge < -0.3 is 19.9 Å². The Hall–Kier alpha value is -1.77. The summed E-state index contributed by atoms with van der Waals surface area (Å²) in [7, 11) is 0. The summed E-state index contributed by atoms with van der Waals surface area (Å²) in [5.41, 5.74) is 2.31. The van der Waals surface area contributed by atoms with E-state index in [0.29, 0.717) is 6.54 Å². The molecule has 0 aliphatic rings. The highest BCUT2D eigenvalue weighted by Gasteiger charge is 2.08. The Bertz CT molecular complexity index is 703. The monoisotopic (exact) mass is 499 g/mol. The van der Waals surface area contributed by atoms with Gasteiger partial charge in [0.05, 0.1) is 19.0 Å². The Morgan fingerprint density at radius 1 is 1.29 bits per heavy atom. The normalized spacial score (nSPS) is 12.2. The van der Waals surface area contributed by atoms with Gasteiger partial charge in [0.25, 0.3) is 0 Å². The highest BCUT2D eigenvalue weighted by atomic mass is 127. The smallest absolute Gasteiger partial charge is 0.191 e. The molecule has 2 N–H and O–H groups in total. The van der Waals surface area contributed by atoms with Crippen molar-refractivity contribution < 1.29 is 4.74 Å². The molecule has 0 spiro atoms. The van der Waals surface area contributed by atoms with Crippen molar-refractivity contribution in [3.05, 3.63) is 48.0 Å². The molecule has 1 heterocycles. The first kappa shape index (κ1) is 24.3. The second kappa shape index (κ2) is 13.4. The van der Waals surface area contributed by atoms with Crippen molar-refractivity contribution in [1.82, 2.24) is 20.2 Å². The minimum absolute atomic E-state index is 0. The van der Waals surface area contributed by atoms with Gasteiger partial charge in [-0.05, 0) is 45.2 Å². The number of aromatic nitrogens is 2. The van der Waals surface area contributed by atoms with Crippen LogP contribution >= 0.6 is 24.0 Å². The molecule has 0 aliphatic heterocycles. The van der Waals surface area contributed by atoms with Gasteiger partial charge in [0.2, 0.25) is 0 Å². The number of aryl methyl sites for hydroxylation is 2. The maximum Gasteiger partial charge on any atom is 0.191 e. The summed E-state index contributed by atoms with van der Waals surface area (Å²) < 4.78 is 8.17. The van der Waals surface area contributed by atoms with E-state index in [0.717, 1.165) is 49.7 Å². The van der Waals surface area contributed by atoms with Gasteiger partial charge in [0, 0.05) is 37.6 Å². The van der Waals surface area contributed by atoms with E-state index in [4.69, 9.17) is 9.73 Å². The van der Waals surface area contributed by atoms with Gasteiger partial charge in [-0.15, -0.1) is 24.0 Å². The molecule has 0 saturated carbocycles. The predicted molar refractivity (Wildman–Crippen MR) is 127 cm³/mol. The zero-order valence-electron chi connectivity index (χ0n) is 17.4. The average molecular weight is 499 g/mol. The fourth-order valence-electron chi connectivity index (χ4n) is 2.60. The van der Waals surface area contributed by atoms with Gasteiger partial charge in [-0.1, -0.05) is 19.1 Å². The molecule has 1 aromatic heterocycles. The van der Waals surface area contributed by atoms with Gasteiger partial charge in [-0.3, -0.25) is 0 Å². The van der Waals surface area contributed by atoms with Crippen LogP contribution in [-0.4, -0.2) is 34.7 Å². The fraction of sp³-hybridized carbons (Fsp3) is 0.524. The van der Waals surface area contributed by atoms with Gasteiger partial charge in [0.15, 0.2) is 5.96 Å². The number of halogens is 1. The van der Waals surface area contributed by atoms with E-state index < -0.39 is 0 Å². The first-order valence-corrected chi connectivity index (χ1v) is 9.86. The quantitative estimate of drug-likeness (QED) is 0.223. The summed E-state index contributed by atoms with van der Waals surface area (Å²) in [5, 5.41) is 6.71. The third-order valence-electron chi connectivity index (χ3n) is 4.32. The summed E-state index contributed by atoms with van der Waals surface area (Å²) in [5.74, 6) is 1.77. The summed E-state index contributed by atoms with van der Waals surface area (Å²) in [6, 6.07) is 6.32. The van der Waals surface area contributed by atoms with Gasteiger partial charge in [-0.2, -0.15) is 0 Å². The highest BCUT2D eigenvalue weighted by molar-refractivity contribution is 14.0. The van der Waals surface area contributed by atoms with Gasteiger partial charge in [-0.25, -0.2) is 9.98 Å². The molecule has 0 radical (unpaired) electrons. The molecule has 1 atom stereocenters. The van der Waals surface area contributed by atoms with Crippen LogP contribution in [0.1, 0.15) is 44.7 Å². The molecule has 0 bridgehead atoms. The van der Waals surface area contributed by atoms with Crippen LogP contribution in [0.25, 0.3) is 0 Å².